The van der Waals surface area contributed by atoms with E-state index < -0.39 is 0 Å². The molecular weight excluding hydrogens is 204 g/mol. The monoisotopic (exact) mass is 230 g/mol. The number of nitrogens with one attached hydrogen (secondary N) is 1. The van der Waals surface area contributed by atoms with E-state index in [1.165, 1.54) is 12.8 Å². The van der Waals surface area contributed by atoms with Crippen LogP contribution in [-0.4, -0.2) is 64.1 Å². The van der Waals surface area contributed by atoms with Crippen LogP contribution in [0.4, 0.5) is 0 Å². The third kappa shape index (κ3) is 5.25. The molecule has 0 aromatic heterocycles. The van der Waals surface area contributed by atoms with Gasteiger partial charge in [-0.3, -0.25) is 0 Å². The SMILES string of the molecule is CCOCCN(C)CC1CCC(CNC)O1. The number of nitrogens with zero attached hydrogens (tertiary/aromatic N) is 1. The van der Waals surface area contributed by atoms with Crippen molar-refractivity contribution in [3.63, 3.8) is 0 Å². The second kappa shape index (κ2) is 8.01. The second-order valence-corrected chi connectivity index (χ2v) is 4.47. The van der Waals surface area contributed by atoms with E-state index in [4.69, 9.17) is 9.47 Å². The van der Waals surface area contributed by atoms with E-state index >= 15 is 0 Å². The molecule has 16 heavy (non-hydrogen) atoms. The lowest BCUT2D eigenvalue weighted by molar-refractivity contribution is 0.0233. The fraction of sp³-hybridized carbons (Fsp3) is 1.00. The van der Waals surface area contributed by atoms with Crippen LogP contribution in [0.3, 0.4) is 0 Å². The Balaban J connectivity index is 2.08. The molecule has 2 atom stereocenters. The van der Waals surface area contributed by atoms with Crippen molar-refractivity contribution in [1.29, 1.82) is 0 Å². The summed E-state index contributed by atoms with van der Waals surface area (Å²) in [6, 6.07) is 0. The zero-order valence-corrected chi connectivity index (χ0v) is 10.9. The molecule has 1 aliphatic rings. The average molecular weight is 230 g/mol. The van der Waals surface area contributed by atoms with Crippen LogP contribution in [-0.2, 0) is 9.47 Å². The maximum Gasteiger partial charge on any atom is 0.0707 e. The normalized spacial score (nSPS) is 25.5. The second-order valence-electron chi connectivity index (χ2n) is 4.47. The molecule has 96 valence electrons. The van der Waals surface area contributed by atoms with Crippen LogP contribution >= 0.6 is 0 Å². The first kappa shape index (κ1) is 13.9. The molecule has 0 amide bonds. The Morgan fingerprint density at radius 3 is 2.81 bits per heavy atom. The molecule has 0 bridgehead atoms. The fourth-order valence-corrected chi connectivity index (χ4v) is 2.10. The van der Waals surface area contributed by atoms with E-state index in [0.29, 0.717) is 12.2 Å². The lowest BCUT2D eigenvalue weighted by atomic mass is 10.2. The summed E-state index contributed by atoms with van der Waals surface area (Å²) in [4.78, 5) is 2.29. The number of ether oxygens (including phenoxy) is 2. The van der Waals surface area contributed by atoms with Crippen molar-refractivity contribution < 1.29 is 9.47 Å². The Bertz CT molecular complexity index is 178. The van der Waals surface area contributed by atoms with Gasteiger partial charge in [0.05, 0.1) is 18.8 Å². The van der Waals surface area contributed by atoms with Crippen molar-refractivity contribution in [2.24, 2.45) is 0 Å². The number of rotatable bonds is 8. The minimum atomic E-state index is 0.407. The summed E-state index contributed by atoms with van der Waals surface area (Å²) in [6.07, 6.45) is 3.19. The molecule has 0 aliphatic carbocycles. The fourth-order valence-electron chi connectivity index (χ4n) is 2.10. The first-order chi connectivity index (χ1) is 7.76. The Labute approximate surface area is 99.3 Å². The van der Waals surface area contributed by atoms with Gasteiger partial charge in [-0.2, -0.15) is 0 Å². The molecule has 2 unspecified atom stereocenters. The van der Waals surface area contributed by atoms with Gasteiger partial charge >= 0.3 is 0 Å². The lowest BCUT2D eigenvalue weighted by Gasteiger charge is -2.21. The minimum Gasteiger partial charge on any atom is -0.380 e. The third-order valence-corrected chi connectivity index (χ3v) is 2.96. The van der Waals surface area contributed by atoms with Gasteiger partial charge in [-0.05, 0) is 33.9 Å². The molecular formula is C12H26N2O2. The van der Waals surface area contributed by atoms with Crippen LogP contribution < -0.4 is 5.32 Å². The Morgan fingerprint density at radius 2 is 2.12 bits per heavy atom. The quantitative estimate of drug-likeness (QED) is 0.623. The van der Waals surface area contributed by atoms with Crippen LogP contribution in [0.1, 0.15) is 19.8 Å². The molecule has 0 spiro atoms. The Morgan fingerprint density at radius 1 is 1.38 bits per heavy atom. The maximum absolute atomic E-state index is 5.93. The number of hydrogen-bond donors (Lipinski definition) is 1. The van der Waals surface area contributed by atoms with Gasteiger partial charge in [0.1, 0.15) is 0 Å². The smallest absolute Gasteiger partial charge is 0.0707 e. The van der Waals surface area contributed by atoms with Crippen molar-refractivity contribution in [3.05, 3.63) is 0 Å². The summed E-state index contributed by atoms with van der Waals surface area (Å²) in [5.41, 5.74) is 0. The number of likely N-dealkylation sites (N-methyl/N-ethyl adjacent to an activating group) is 2. The van der Waals surface area contributed by atoms with Gasteiger partial charge in [-0.1, -0.05) is 0 Å². The van der Waals surface area contributed by atoms with Crippen molar-refractivity contribution in [2.75, 3.05) is 46.9 Å². The van der Waals surface area contributed by atoms with Gasteiger partial charge in [0, 0.05) is 26.2 Å². The molecule has 1 rings (SSSR count). The van der Waals surface area contributed by atoms with Crippen molar-refractivity contribution in [2.45, 2.75) is 32.0 Å². The standard InChI is InChI=1S/C12H26N2O2/c1-4-15-8-7-14(3)10-12-6-5-11(16-12)9-13-2/h11-13H,4-10H2,1-3H3. The van der Waals surface area contributed by atoms with Gasteiger partial charge in [0.15, 0.2) is 0 Å². The molecule has 0 radical (unpaired) electrons. The predicted molar refractivity (Wildman–Crippen MR) is 65.8 cm³/mol. The van der Waals surface area contributed by atoms with Crippen LogP contribution in [0, 0.1) is 0 Å². The molecule has 0 aromatic carbocycles. The molecule has 0 aromatic rings. The third-order valence-electron chi connectivity index (χ3n) is 2.96. The highest BCUT2D eigenvalue weighted by atomic mass is 16.5. The molecule has 1 fully saturated rings. The molecule has 4 heteroatoms. The molecule has 4 nitrogen and oxygen atoms in total. The van der Waals surface area contributed by atoms with Crippen LogP contribution in [0.5, 0.6) is 0 Å². The molecule has 1 aliphatic heterocycles. The summed E-state index contributed by atoms with van der Waals surface area (Å²) < 4.78 is 11.3. The summed E-state index contributed by atoms with van der Waals surface area (Å²) in [6.45, 7) is 6.64. The highest BCUT2D eigenvalue weighted by molar-refractivity contribution is 4.76. The molecule has 1 N–H and O–H groups in total. The predicted octanol–water partition coefficient (Wildman–Crippen LogP) is 0.722. The lowest BCUT2D eigenvalue weighted by Crippen LogP contribution is -2.33. The van der Waals surface area contributed by atoms with Crippen LogP contribution in [0.15, 0.2) is 0 Å². The number of hydrogen-bond acceptors (Lipinski definition) is 4. The Kier molecular flexibility index (Phi) is 6.96. The summed E-state index contributed by atoms with van der Waals surface area (Å²) in [5.74, 6) is 0. The molecule has 1 saturated heterocycles. The zero-order chi connectivity index (χ0) is 11.8. The van der Waals surface area contributed by atoms with Gasteiger partial charge in [-0.25, -0.2) is 0 Å². The zero-order valence-electron chi connectivity index (χ0n) is 10.9. The first-order valence-corrected chi connectivity index (χ1v) is 6.32. The van der Waals surface area contributed by atoms with Gasteiger partial charge in [0.2, 0.25) is 0 Å². The highest BCUT2D eigenvalue weighted by Crippen LogP contribution is 2.19. The van der Waals surface area contributed by atoms with Crippen molar-refractivity contribution in [1.82, 2.24) is 10.2 Å². The van der Waals surface area contributed by atoms with Gasteiger partial charge in [0.25, 0.3) is 0 Å². The average Bonchev–Trinajstić information content (AvgIpc) is 2.66. The summed E-state index contributed by atoms with van der Waals surface area (Å²) in [7, 11) is 4.11. The van der Waals surface area contributed by atoms with Crippen molar-refractivity contribution in [3.8, 4) is 0 Å². The van der Waals surface area contributed by atoms with Gasteiger partial charge < -0.3 is 19.7 Å². The van der Waals surface area contributed by atoms with E-state index in [0.717, 1.165) is 32.8 Å². The highest BCUT2D eigenvalue weighted by Gasteiger charge is 2.25. The van der Waals surface area contributed by atoms with Crippen molar-refractivity contribution >= 4 is 0 Å². The summed E-state index contributed by atoms with van der Waals surface area (Å²) >= 11 is 0. The molecule has 0 saturated carbocycles. The largest absolute Gasteiger partial charge is 0.380 e. The van der Waals surface area contributed by atoms with Crippen LogP contribution in [0.2, 0.25) is 0 Å². The van der Waals surface area contributed by atoms with E-state index in [-0.39, 0.29) is 0 Å². The molecule has 1 heterocycles. The van der Waals surface area contributed by atoms with E-state index in [9.17, 15) is 0 Å². The Hall–Kier alpha value is -0.160. The first-order valence-electron chi connectivity index (χ1n) is 6.32. The summed E-state index contributed by atoms with van der Waals surface area (Å²) in [5, 5.41) is 3.17. The minimum absolute atomic E-state index is 0.407. The maximum atomic E-state index is 5.93. The van der Waals surface area contributed by atoms with Crippen LogP contribution in [0.25, 0.3) is 0 Å². The van der Waals surface area contributed by atoms with E-state index in [1.807, 2.05) is 14.0 Å². The van der Waals surface area contributed by atoms with E-state index in [1.54, 1.807) is 0 Å². The van der Waals surface area contributed by atoms with E-state index in [2.05, 4.69) is 17.3 Å². The topological polar surface area (TPSA) is 33.7 Å². The van der Waals surface area contributed by atoms with Gasteiger partial charge in [-0.15, -0.1) is 0 Å².